The van der Waals surface area contributed by atoms with Crippen molar-refractivity contribution in [1.82, 2.24) is 15.1 Å². The molecule has 0 aromatic carbocycles. The van der Waals surface area contributed by atoms with Gasteiger partial charge in [0.1, 0.15) is 0 Å². The lowest BCUT2D eigenvalue weighted by Gasteiger charge is -2.16. The van der Waals surface area contributed by atoms with E-state index in [4.69, 9.17) is 5.11 Å². The molecule has 1 aromatic rings. The molecule has 0 aliphatic heterocycles. The average molecular weight is 253 g/mol. The smallest absolute Gasteiger partial charge is 0.303 e. The summed E-state index contributed by atoms with van der Waals surface area (Å²) < 4.78 is 0. The van der Waals surface area contributed by atoms with E-state index in [2.05, 4.69) is 10.2 Å². The minimum Gasteiger partial charge on any atom is -0.481 e. The lowest BCUT2D eigenvalue weighted by molar-refractivity contribution is -0.138. The number of hydrogen-bond acceptors (Lipinski definition) is 3. The number of carboxylic acid groups (broad SMARTS) is 1. The Morgan fingerprint density at radius 3 is 2.56 bits per heavy atom. The second-order valence-corrected chi connectivity index (χ2v) is 4.40. The summed E-state index contributed by atoms with van der Waals surface area (Å²) in [5.41, 5.74) is 2.66. The summed E-state index contributed by atoms with van der Waals surface area (Å²) in [4.78, 5) is 23.9. The van der Waals surface area contributed by atoms with Gasteiger partial charge in [0.25, 0.3) is 0 Å². The van der Waals surface area contributed by atoms with Gasteiger partial charge < -0.3 is 10.0 Å². The Morgan fingerprint density at radius 1 is 1.39 bits per heavy atom. The van der Waals surface area contributed by atoms with E-state index in [1.807, 2.05) is 13.8 Å². The molecule has 18 heavy (non-hydrogen) atoms. The molecule has 0 bridgehead atoms. The van der Waals surface area contributed by atoms with Gasteiger partial charge in [0, 0.05) is 31.3 Å². The molecule has 0 fully saturated rings. The number of aryl methyl sites for hydroxylation is 2. The van der Waals surface area contributed by atoms with Crippen LogP contribution in [0.5, 0.6) is 0 Å². The highest BCUT2D eigenvalue weighted by Gasteiger charge is 2.14. The Balaban J connectivity index is 2.47. The van der Waals surface area contributed by atoms with E-state index in [0.717, 1.165) is 17.0 Å². The number of aromatic amines is 1. The van der Waals surface area contributed by atoms with Crippen LogP contribution >= 0.6 is 0 Å². The van der Waals surface area contributed by atoms with Gasteiger partial charge in [0.2, 0.25) is 5.91 Å². The van der Waals surface area contributed by atoms with Gasteiger partial charge in [-0.15, -0.1) is 0 Å². The molecule has 0 spiro atoms. The number of aromatic nitrogens is 2. The second-order valence-electron chi connectivity index (χ2n) is 4.40. The lowest BCUT2D eigenvalue weighted by Crippen LogP contribution is -2.29. The number of amides is 1. The zero-order valence-electron chi connectivity index (χ0n) is 11.0. The first kappa shape index (κ1) is 14.2. The molecular formula is C12H19N3O3. The Hall–Kier alpha value is -1.85. The average Bonchev–Trinajstić information content (AvgIpc) is 2.60. The van der Waals surface area contributed by atoms with Crippen molar-refractivity contribution in [2.24, 2.45) is 0 Å². The maximum Gasteiger partial charge on any atom is 0.303 e. The van der Waals surface area contributed by atoms with Gasteiger partial charge in [-0.1, -0.05) is 0 Å². The molecule has 1 rings (SSSR count). The van der Waals surface area contributed by atoms with Crippen molar-refractivity contribution in [3.05, 3.63) is 17.0 Å². The van der Waals surface area contributed by atoms with Gasteiger partial charge >= 0.3 is 5.97 Å². The number of carbonyl (C=O) groups excluding carboxylic acids is 1. The largest absolute Gasteiger partial charge is 0.481 e. The van der Waals surface area contributed by atoms with E-state index in [1.165, 1.54) is 0 Å². The van der Waals surface area contributed by atoms with Gasteiger partial charge in [0.15, 0.2) is 0 Å². The number of hydrogen-bond donors (Lipinski definition) is 2. The van der Waals surface area contributed by atoms with Crippen molar-refractivity contribution < 1.29 is 14.7 Å². The third kappa shape index (κ3) is 3.87. The third-order valence-electron chi connectivity index (χ3n) is 2.92. The topological polar surface area (TPSA) is 86.3 Å². The van der Waals surface area contributed by atoms with Crippen LogP contribution in [-0.2, 0) is 16.0 Å². The number of carbonyl (C=O) groups is 2. The Bertz CT molecular complexity index is 420. The second kappa shape index (κ2) is 6.18. The van der Waals surface area contributed by atoms with Crippen molar-refractivity contribution in [1.29, 1.82) is 0 Å². The molecule has 1 amide bonds. The van der Waals surface area contributed by atoms with Crippen LogP contribution in [0.25, 0.3) is 0 Å². The van der Waals surface area contributed by atoms with Crippen LogP contribution in [0, 0.1) is 13.8 Å². The zero-order valence-corrected chi connectivity index (χ0v) is 11.0. The van der Waals surface area contributed by atoms with Crippen molar-refractivity contribution in [3.8, 4) is 0 Å². The highest BCUT2D eigenvalue weighted by molar-refractivity contribution is 5.79. The molecule has 0 aliphatic carbocycles. The molecule has 0 radical (unpaired) electrons. The van der Waals surface area contributed by atoms with E-state index < -0.39 is 5.97 Å². The minimum atomic E-state index is -0.836. The molecule has 0 aliphatic rings. The van der Waals surface area contributed by atoms with Crippen molar-refractivity contribution in [3.63, 3.8) is 0 Å². The Labute approximate surface area is 106 Å². The lowest BCUT2D eigenvalue weighted by atomic mass is 10.1. The normalized spacial score (nSPS) is 10.4. The summed E-state index contributed by atoms with van der Waals surface area (Å²) in [5, 5.41) is 15.4. The summed E-state index contributed by atoms with van der Waals surface area (Å²) in [6.45, 7) is 4.20. The fraction of sp³-hybridized carbons (Fsp3) is 0.583. The van der Waals surface area contributed by atoms with Gasteiger partial charge in [0.05, 0.1) is 12.1 Å². The first-order chi connectivity index (χ1) is 8.41. The van der Waals surface area contributed by atoms with E-state index in [0.29, 0.717) is 19.4 Å². The van der Waals surface area contributed by atoms with E-state index in [1.54, 1.807) is 11.9 Å². The summed E-state index contributed by atoms with van der Waals surface area (Å²) in [7, 11) is 1.69. The maximum absolute atomic E-state index is 11.9. The van der Waals surface area contributed by atoms with Crippen molar-refractivity contribution in [2.75, 3.05) is 13.6 Å². The van der Waals surface area contributed by atoms with Gasteiger partial charge in [-0.05, 0) is 20.3 Å². The molecule has 0 saturated carbocycles. The number of carboxylic acids is 1. The first-order valence-electron chi connectivity index (χ1n) is 5.88. The molecule has 0 unspecified atom stereocenters. The van der Waals surface area contributed by atoms with Crippen LogP contribution in [0.2, 0.25) is 0 Å². The highest BCUT2D eigenvalue weighted by atomic mass is 16.4. The van der Waals surface area contributed by atoms with Crippen LogP contribution in [0.4, 0.5) is 0 Å². The summed E-state index contributed by atoms with van der Waals surface area (Å²) in [6.07, 6.45) is 0.861. The van der Waals surface area contributed by atoms with Crippen LogP contribution in [0.3, 0.4) is 0 Å². The SMILES string of the molecule is Cc1n[nH]c(C)c1CC(=O)N(C)CCCC(=O)O. The van der Waals surface area contributed by atoms with Crippen molar-refractivity contribution >= 4 is 11.9 Å². The monoisotopic (exact) mass is 253 g/mol. The number of H-pyrrole nitrogens is 1. The third-order valence-corrected chi connectivity index (χ3v) is 2.92. The highest BCUT2D eigenvalue weighted by Crippen LogP contribution is 2.11. The van der Waals surface area contributed by atoms with Crippen molar-refractivity contribution in [2.45, 2.75) is 33.1 Å². The molecule has 2 N–H and O–H groups in total. The van der Waals surface area contributed by atoms with Crippen LogP contribution in [-0.4, -0.2) is 45.7 Å². The van der Waals surface area contributed by atoms with E-state index in [-0.39, 0.29) is 12.3 Å². The first-order valence-corrected chi connectivity index (χ1v) is 5.88. The molecule has 6 heteroatoms. The number of nitrogens with one attached hydrogen (secondary N) is 1. The van der Waals surface area contributed by atoms with Crippen LogP contribution in [0.1, 0.15) is 29.8 Å². The zero-order chi connectivity index (χ0) is 13.7. The molecular weight excluding hydrogens is 234 g/mol. The quantitative estimate of drug-likeness (QED) is 0.788. The minimum absolute atomic E-state index is 0.0204. The number of nitrogens with zero attached hydrogens (tertiary/aromatic N) is 2. The Morgan fingerprint density at radius 2 is 2.06 bits per heavy atom. The predicted molar refractivity (Wildman–Crippen MR) is 66.3 cm³/mol. The standard InChI is InChI=1S/C12H19N3O3/c1-8-10(9(2)14-13-8)7-11(16)15(3)6-4-5-12(17)18/h4-7H2,1-3H3,(H,13,14)(H,17,18). The van der Waals surface area contributed by atoms with Crippen LogP contribution < -0.4 is 0 Å². The summed E-state index contributed by atoms with van der Waals surface area (Å²) in [6, 6.07) is 0. The summed E-state index contributed by atoms with van der Waals surface area (Å²) in [5.74, 6) is -0.856. The molecule has 1 heterocycles. The molecule has 0 atom stereocenters. The number of aliphatic carboxylic acids is 1. The number of rotatable bonds is 6. The van der Waals surface area contributed by atoms with Gasteiger partial charge in [-0.25, -0.2) is 0 Å². The predicted octanol–water partition coefficient (Wildman–Crippen LogP) is 0.892. The molecule has 1 aromatic heterocycles. The van der Waals surface area contributed by atoms with Gasteiger partial charge in [-0.2, -0.15) is 5.10 Å². The van der Waals surface area contributed by atoms with E-state index in [9.17, 15) is 9.59 Å². The molecule has 0 saturated heterocycles. The van der Waals surface area contributed by atoms with Crippen LogP contribution in [0.15, 0.2) is 0 Å². The molecule has 6 nitrogen and oxygen atoms in total. The van der Waals surface area contributed by atoms with E-state index >= 15 is 0 Å². The Kier molecular flexibility index (Phi) is 4.88. The van der Waals surface area contributed by atoms with Gasteiger partial charge in [-0.3, -0.25) is 14.7 Å². The fourth-order valence-electron chi connectivity index (χ4n) is 1.71. The summed E-state index contributed by atoms with van der Waals surface area (Å²) >= 11 is 0. The fourth-order valence-corrected chi connectivity index (χ4v) is 1.71. The molecule has 100 valence electrons. The number of likely N-dealkylation sites (N-methyl/N-ethyl adjacent to an activating group) is 1. The maximum atomic E-state index is 11.9.